The van der Waals surface area contributed by atoms with Gasteiger partial charge in [0, 0.05) is 16.2 Å². The smallest absolute Gasteiger partial charge is 0.319 e. The number of hydrogen-bond acceptors (Lipinski definition) is 2. The Bertz CT molecular complexity index is 533. The third-order valence-corrected chi connectivity index (χ3v) is 4.52. The summed E-state index contributed by atoms with van der Waals surface area (Å²) in [4.78, 5) is 23.0. The molecule has 1 saturated carbocycles. The summed E-state index contributed by atoms with van der Waals surface area (Å²) in [6.07, 6.45) is 2.16. The van der Waals surface area contributed by atoms with Crippen LogP contribution in [-0.4, -0.2) is 23.1 Å². The molecule has 1 aromatic carbocycles. The summed E-state index contributed by atoms with van der Waals surface area (Å²) in [7, 11) is 0. The highest BCUT2D eigenvalue weighted by Crippen LogP contribution is 2.26. The molecule has 0 aliphatic heterocycles. The van der Waals surface area contributed by atoms with E-state index in [0.717, 1.165) is 16.5 Å². The predicted octanol–water partition coefficient (Wildman–Crippen LogP) is 3.13. The van der Waals surface area contributed by atoms with Gasteiger partial charge in [-0.3, -0.25) is 4.79 Å². The molecule has 1 fully saturated rings. The van der Waals surface area contributed by atoms with Crippen LogP contribution in [0.5, 0.6) is 0 Å². The molecule has 1 aliphatic rings. The maximum atomic E-state index is 12.0. The van der Waals surface area contributed by atoms with E-state index in [0.29, 0.717) is 18.5 Å². The quantitative estimate of drug-likeness (QED) is 0.790. The van der Waals surface area contributed by atoms with Crippen molar-refractivity contribution in [3.63, 3.8) is 0 Å². The average Bonchev–Trinajstić information content (AvgIpc) is 2.83. The van der Waals surface area contributed by atoms with E-state index in [-0.39, 0.29) is 12.1 Å². The SMILES string of the molecule is Cc1c(Br)cccc1NC(=O)NC1CCCC1C(=O)O. The highest BCUT2D eigenvalue weighted by Gasteiger charge is 2.33. The van der Waals surface area contributed by atoms with E-state index in [9.17, 15) is 9.59 Å². The van der Waals surface area contributed by atoms with Gasteiger partial charge in [-0.15, -0.1) is 0 Å². The molecule has 0 spiro atoms. The number of carbonyl (C=O) groups excluding carboxylic acids is 1. The van der Waals surface area contributed by atoms with Crippen LogP contribution in [0.15, 0.2) is 22.7 Å². The first kappa shape index (κ1) is 14.8. The minimum Gasteiger partial charge on any atom is -0.481 e. The number of carboxylic acid groups (broad SMARTS) is 1. The molecular weight excluding hydrogens is 324 g/mol. The molecule has 108 valence electrons. The second-order valence-electron chi connectivity index (χ2n) is 4.99. The van der Waals surface area contributed by atoms with E-state index in [2.05, 4.69) is 26.6 Å². The fourth-order valence-corrected chi connectivity index (χ4v) is 2.86. The largest absolute Gasteiger partial charge is 0.481 e. The Morgan fingerprint density at radius 1 is 1.35 bits per heavy atom. The van der Waals surface area contributed by atoms with Crippen LogP contribution < -0.4 is 10.6 Å². The fraction of sp³-hybridized carbons (Fsp3) is 0.429. The summed E-state index contributed by atoms with van der Waals surface area (Å²) in [5.41, 5.74) is 1.64. The second kappa shape index (κ2) is 6.26. The molecule has 3 N–H and O–H groups in total. The number of rotatable bonds is 3. The molecule has 0 bridgehead atoms. The zero-order chi connectivity index (χ0) is 14.7. The van der Waals surface area contributed by atoms with Gasteiger partial charge in [-0.25, -0.2) is 4.79 Å². The Morgan fingerprint density at radius 2 is 2.10 bits per heavy atom. The van der Waals surface area contributed by atoms with Gasteiger partial charge in [-0.1, -0.05) is 28.4 Å². The number of carboxylic acids is 1. The van der Waals surface area contributed by atoms with E-state index in [4.69, 9.17) is 5.11 Å². The molecule has 5 nitrogen and oxygen atoms in total. The van der Waals surface area contributed by atoms with E-state index < -0.39 is 11.9 Å². The number of urea groups is 1. The standard InChI is InChI=1S/C14H17BrN2O3/c1-8-10(15)5-3-6-11(8)16-14(20)17-12-7-2-4-9(12)13(18)19/h3,5-6,9,12H,2,4,7H2,1H3,(H,18,19)(H2,16,17,20). The molecule has 0 heterocycles. The third-order valence-electron chi connectivity index (χ3n) is 3.67. The van der Waals surface area contributed by atoms with Crippen molar-refractivity contribution in [1.29, 1.82) is 0 Å². The minimum absolute atomic E-state index is 0.292. The minimum atomic E-state index is -0.841. The molecule has 1 aliphatic carbocycles. The molecule has 2 amide bonds. The number of amides is 2. The van der Waals surface area contributed by atoms with Crippen molar-refractivity contribution in [2.45, 2.75) is 32.2 Å². The molecule has 2 unspecified atom stereocenters. The lowest BCUT2D eigenvalue weighted by Gasteiger charge is -2.18. The maximum Gasteiger partial charge on any atom is 0.319 e. The van der Waals surface area contributed by atoms with Crippen LogP contribution in [0.2, 0.25) is 0 Å². The monoisotopic (exact) mass is 340 g/mol. The van der Waals surface area contributed by atoms with E-state index in [1.165, 1.54) is 0 Å². The Hall–Kier alpha value is -1.56. The lowest BCUT2D eigenvalue weighted by molar-refractivity contribution is -0.142. The van der Waals surface area contributed by atoms with Gasteiger partial charge in [0.1, 0.15) is 0 Å². The summed E-state index contributed by atoms with van der Waals surface area (Å²) in [6.45, 7) is 1.90. The van der Waals surface area contributed by atoms with Gasteiger partial charge in [-0.2, -0.15) is 0 Å². The molecular formula is C14H17BrN2O3. The number of carbonyl (C=O) groups is 2. The van der Waals surface area contributed by atoms with Crippen molar-refractivity contribution in [2.24, 2.45) is 5.92 Å². The molecule has 1 aromatic rings. The highest BCUT2D eigenvalue weighted by molar-refractivity contribution is 9.10. The van der Waals surface area contributed by atoms with Crippen molar-refractivity contribution in [1.82, 2.24) is 5.32 Å². The molecule has 2 atom stereocenters. The lowest BCUT2D eigenvalue weighted by atomic mass is 10.0. The zero-order valence-corrected chi connectivity index (χ0v) is 12.7. The van der Waals surface area contributed by atoms with Gasteiger partial charge < -0.3 is 15.7 Å². The van der Waals surface area contributed by atoms with Crippen LogP contribution in [0.25, 0.3) is 0 Å². The van der Waals surface area contributed by atoms with Gasteiger partial charge >= 0.3 is 12.0 Å². The first-order valence-corrected chi connectivity index (χ1v) is 7.34. The first-order chi connectivity index (χ1) is 9.49. The summed E-state index contributed by atoms with van der Waals surface area (Å²) in [5.74, 6) is -1.32. The number of anilines is 1. The summed E-state index contributed by atoms with van der Waals surface area (Å²) in [5, 5.41) is 14.6. The second-order valence-corrected chi connectivity index (χ2v) is 5.85. The van der Waals surface area contributed by atoms with Crippen LogP contribution in [0.4, 0.5) is 10.5 Å². The Balaban J connectivity index is 1.99. The average molecular weight is 341 g/mol. The van der Waals surface area contributed by atoms with Gasteiger partial charge in [0.2, 0.25) is 0 Å². The van der Waals surface area contributed by atoms with Crippen LogP contribution in [-0.2, 0) is 4.79 Å². The van der Waals surface area contributed by atoms with Crippen molar-refractivity contribution < 1.29 is 14.7 Å². The zero-order valence-electron chi connectivity index (χ0n) is 11.1. The van der Waals surface area contributed by atoms with Gasteiger partial charge in [0.15, 0.2) is 0 Å². The van der Waals surface area contributed by atoms with Gasteiger partial charge in [0.25, 0.3) is 0 Å². The molecule has 0 saturated heterocycles. The molecule has 6 heteroatoms. The Labute approximate surface area is 125 Å². The van der Waals surface area contributed by atoms with Gasteiger partial charge in [-0.05, 0) is 37.5 Å². The molecule has 0 aromatic heterocycles. The fourth-order valence-electron chi connectivity index (χ4n) is 2.50. The van der Waals surface area contributed by atoms with Crippen molar-refractivity contribution in [3.8, 4) is 0 Å². The van der Waals surface area contributed by atoms with E-state index in [1.54, 1.807) is 0 Å². The van der Waals surface area contributed by atoms with Crippen LogP contribution in [0.3, 0.4) is 0 Å². The number of nitrogens with one attached hydrogen (secondary N) is 2. The topological polar surface area (TPSA) is 78.4 Å². The maximum absolute atomic E-state index is 12.0. The molecule has 0 radical (unpaired) electrons. The Kier molecular flexibility index (Phi) is 4.65. The highest BCUT2D eigenvalue weighted by atomic mass is 79.9. The van der Waals surface area contributed by atoms with E-state index >= 15 is 0 Å². The molecule has 20 heavy (non-hydrogen) atoms. The van der Waals surface area contributed by atoms with Crippen molar-refractivity contribution in [3.05, 3.63) is 28.2 Å². The van der Waals surface area contributed by atoms with Crippen LogP contribution >= 0.6 is 15.9 Å². The number of benzene rings is 1. The number of aliphatic carboxylic acids is 1. The van der Waals surface area contributed by atoms with Crippen LogP contribution in [0.1, 0.15) is 24.8 Å². The Morgan fingerprint density at radius 3 is 2.80 bits per heavy atom. The van der Waals surface area contributed by atoms with Crippen molar-refractivity contribution >= 4 is 33.6 Å². The van der Waals surface area contributed by atoms with Crippen molar-refractivity contribution in [2.75, 3.05) is 5.32 Å². The number of hydrogen-bond donors (Lipinski definition) is 3. The summed E-state index contributed by atoms with van der Waals surface area (Å²) < 4.78 is 0.916. The number of halogens is 1. The van der Waals surface area contributed by atoms with Gasteiger partial charge in [0.05, 0.1) is 5.92 Å². The van der Waals surface area contributed by atoms with E-state index in [1.807, 2.05) is 25.1 Å². The van der Waals surface area contributed by atoms with Crippen LogP contribution in [0, 0.1) is 12.8 Å². The molecule has 2 rings (SSSR count). The third kappa shape index (κ3) is 3.30. The summed E-state index contributed by atoms with van der Waals surface area (Å²) in [6, 6.07) is 4.89. The summed E-state index contributed by atoms with van der Waals surface area (Å²) >= 11 is 3.40. The predicted molar refractivity (Wildman–Crippen MR) is 79.8 cm³/mol. The first-order valence-electron chi connectivity index (χ1n) is 6.54. The lowest BCUT2D eigenvalue weighted by Crippen LogP contribution is -2.42. The normalized spacial score (nSPS) is 21.5.